The molecule has 2 aromatic carbocycles. The van der Waals surface area contributed by atoms with E-state index in [1.165, 1.54) is 6.07 Å². The van der Waals surface area contributed by atoms with E-state index in [0.717, 1.165) is 15.7 Å². The first-order valence-electron chi connectivity index (χ1n) is 7.22. The van der Waals surface area contributed by atoms with Crippen LogP contribution in [0.5, 0.6) is 5.75 Å². The predicted octanol–water partition coefficient (Wildman–Crippen LogP) is 1.91. The summed E-state index contributed by atoms with van der Waals surface area (Å²) in [4.78, 5) is 46.6. The van der Waals surface area contributed by atoms with Crippen molar-refractivity contribution in [2.75, 3.05) is 6.61 Å². The molecule has 1 N–H and O–H groups in total. The highest BCUT2D eigenvalue weighted by Gasteiger charge is 2.38. The lowest BCUT2D eigenvalue weighted by Gasteiger charge is -2.15. The van der Waals surface area contributed by atoms with Crippen LogP contribution in [0.25, 0.3) is 0 Å². The molecule has 0 bridgehead atoms. The Bertz CT molecular complexity index is 945. The van der Waals surface area contributed by atoms with Gasteiger partial charge >= 0.3 is 0 Å². The number of halogens is 1. The van der Waals surface area contributed by atoms with Crippen LogP contribution in [0.2, 0.25) is 0 Å². The Morgan fingerprint density at radius 1 is 1.15 bits per heavy atom. The molecule has 9 nitrogen and oxygen atoms in total. The van der Waals surface area contributed by atoms with Gasteiger partial charge in [-0.05, 0) is 46.9 Å². The van der Waals surface area contributed by atoms with Gasteiger partial charge in [-0.3, -0.25) is 29.9 Å². The number of imide groups is 1. The Morgan fingerprint density at radius 2 is 1.88 bits per heavy atom. The van der Waals surface area contributed by atoms with Gasteiger partial charge < -0.3 is 4.74 Å². The number of benzene rings is 2. The van der Waals surface area contributed by atoms with E-state index in [2.05, 4.69) is 28.0 Å². The highest BCUT2D eigenvalue weighted by molar-refractivity contribution is 14.1. The van der Waals surface area contributed by atoms with E-state index in [1.54, 1.807) is 18.2 Å². The van der Waals surface area contributed by atoms with Gasteiger partial charge in [0.05, 0.1) is 16.1 Å². The van der Waals surface area contributed by atoms with E-state index in [-0.39, 0.29) is 16.8 Å². The molecule has 1 heterocycles. The second-order valence-corrected chi connectivity index (χ2v) is 6.46. The van der Waals surface area contributed by atoms with Gasteiger partial charge in [0, 0.05) is 15.7 Å². The maximum atomic E-state index is 12.3. The van der Waals surface area contributed by atoms with Crippen LogP contribution in [0.3, 0.4) is 0 Å². The van der Waals surface area contributed by atoms with E-state index in [9.17, 15) is 24.5 Å². The number of nitrogens with zero attached hydrogens (tertiary/aromatic N) is 2. The number of carbonyl (C=O) groups is 3. The minimum atomic E-state index is -0.837. The van der Waals surface area contributed by atoms with Gasteiger partial charge in [-0.2, -0.15) is 5.01 Å². The van der Waals surface area contributed by atoms with Crippen LogP contribution in [0.1, 0.15) is 20.7 Å². The van der Waals surface area contributed by atoms with Crippen molar-refractivity contribution >= 4 is 46.0 Å². The number of ether oxygens (including phenoxy) is 1. The van der Waals surface area contributed by atoms with Crippen LogP contribution >= 0.6 is 22.6 Å². The largest absolute Gasteiger partial charge is 0.484 e. The molecule has 0 fully saturated rings. The molecule has 0 atom stereocenters. The summed E-state index contributed by atoms with van der Waals surface area (Å²) in [5.41, 5.74) is 1.69. The molecule has 0 aliphatic carbocycles. The molecule has 0 saturated carbocycles. The summed E-state index contributed by atoms with van der Waals surface area (Å²) in [6.07, 6.45) is 0. The Hall–Kier alpha value is -3.02. The van der Waals surface area contributed by atoms with Crippen molar-refractivity contribution in [2.24, 2.45) is 0 Å². The molecule has 1 aliphatic heterocycles. The van der Waals surface area contributed by atoms with Gasteiger partial charge in [0.2, 0.25) is 0 Å². The maximum Gasteiger partial charge on any atom is 0.280 e. The molecule has 0 radical (unpaired) electrons. The quantitative estimate of drug-likeness (QED) is 0.311. The monoisotopic (exact) mass is 467 g/mol. The topological polar surface area (TPSA) is 119 Å². The number of nitro groups is 1. The van der Waals surface area contributed by atoms with Crippen LogP contribution in [0, 0.1) is 13.7 Å². The van der Waals surface area contributed by atoms with E-state index in [4.69, 9.17) is 4.74 Å². The fourth-order valence-electron chi connectivity index (χ4n) is 2.31. The number of non-ortho nitro benzene ring substituents is 1. The summed E-state index contributed by atoms with van der Waals surface area (Å²) < 4.78 is 6.22. The molecule has 3 rings (SSSR count). The molecule has 10 heteroatoms. The van der Waals surface area contributed by atoms with E-state index in [1.807, 2.05) is 6.07 Å². The maximum absolute atomic E-state index is 12.3. The first-order valence-corrected chi connectivity index (χ1v) is 8.30. The van der Waals surface area contributed by atoms with Crippen molar-refractivity contribution in [1.82, 2.24) is 10.4 Å². The molecule has 0 unspecified atom stereocenters. The summed E-state index contributed by atoms with van der Waals surface area (Å²) in [5.74, 6) is -1.85. The van der Waals surface area contributed by atoms with Crippen LogP contribution < -0.4 is 10.2 Å². The molecule has 0 saturated heterocycles. The third-order valence-electron chi connectivity index (χ3n) is 3.48. The number of hydrazine groups is 1. The molecule has 26 heavy (non-hydrogen) atoms. The minimum absolute atomic E-state index is 0.0144. The zero-order valence-electron chi connectivity index (χ0n) is 13.0. The molecule has 1 aliphatic rings. The number of rotatable bonds is 5. The molecule has 0 spiro atoms. The van der Waals surface area contributed by atoms with E-state index < -0.39 is 29.3 Å². The fourth-order valence-corrected chi connectivity index (χ4v) is 2.82. The van der Waals surface area contributed by atoms with Gasteiger partial charge in [-0.1, -0.05) is 6.07 Å². The third-order valence-corrected chi connectivity index (χ3v) is 4.15. The number of amides is 3. The van der Waals surface area contributed by atoms with Crippen molar-refractivity contribution in [1.29, 1.82) is 0 Å². The van der Waals surface area contributed by atoms with Gasteiger partial charge in [0.25, 0.3) is 23.4 Å². The van der Waals surface area contributed by atoms with E-state index in [0.29, 0.717) is 10.8 Å². The molecule has 0 aromatic heterocycles. The number of hydrogen-bond acceptors (Lipinski definition) is 6. The lowest BCUT2D eigenvalue weighted by atomic mass is 10.1. The zero-order valence-corrected chi connectivity index (χ0v) is 15.1. The van der Waals surface area contributed by atoms with Crippen molar-refractivity contribution in [2.45, 2.75) is 0 Å². The summed E-state index contributed by atoms with van der Waals surface area (Å²) in [5, 5.41) is 11.3. The Kier molecular flexibility index (Phi) is 4.84. The van der Waals surface area contributed by atoms with Gasteiger partial charge in [0.1, 0.15) is 5.75 Å². The number of carbonyl (C=O) groups excluding carboxylic acids is 3. The summed E-state index contributed by atoms with van der Waals surface area (Å²) in [6.45, 7) is -0.409. The third kappa shape index (κ3) is 3.49. The zero-order chi connectivity index (χ0) is 18.8. The SMILES string of the molecule is O=C(COc1cccc(I)c1)NN1C(=O)c2ccc([N+](=O)[O-])cc2C1=O. The van der Waals surface area contributed by atoms with Crippen molar-refractivity contribution in [3.63, 3.8) is 0 Å². The molecule has 132 valence electrons. The summed E-state index contributed by atoms with van der Waals surface area (Å²) in [7, 11) is 0. The molecule has 2 aromatic rings. The average Bonchev–Trinajstić information content (AvgIpc) is 2.84. The standard InChI is InChI=1S/C16H10IN3O6/c17-9-2-1-3-11(6-9)26-8-14(21)18-19-15(22)12-5-4-10(20(24)25)7-13(12)16(19)23/h1-7H,8H2,(H,18,21). The number of nitro benzene ring substituents is 1. The average molecular weight is 467 g/mol. The lowest BCUT2D eigenvalue weighted by molar-refractivity contribution is -0.384. The van der Waals surface area contributed by atoms with Crippen molar-refractivity contribution in [3.8, 4) is 5.75 Å². The molecule has 3 amide bonds. The first-order chi connectivity index (χ1) is 12.4. The van der Waals surface area contributed by atoms with E-state index >= 15 is 0 Å². The second-order valence-electron chi connectivity index (χ2n) is 5.21. The minimum Gasteiger partial charge on any atom is -0.484 e. The summed E-state index contributed by atoms with van der Waals surface area (Å²) in [6, 6.07) is 10.3. The van der Waals surface area contributed by atoms with Gasteiger partial charge in [-0.15, -0.1) is 0 Å². The normalized spacial score (nSPS) is 12.7. The van der Waals surface area contributed by atoms with Crippen LogP contribution in [0.4, 0.5) is 5.69 Å². The number of fused-ring (bicyclic) bond motifs is 1. The van der Waals surface area contributed by atoms with Crippen LogP contribution in [-0.2, 0) is 4.79 Å². The van der Waals surface area contributed by atoms with Crippen molar-refractivity contribution in [3.05, 3.63) is 67.3 Å². The van der Waals surface area contributed by atoms with Gasteiger partial charge in [-0.25, -0.2) is 0 Å². The highest BCUT2D eigenvalue weighted by atomic mass is 127. The predicted molar refractivity (Wildman–Crippen MR) is 96.4 cm³/mol. The van der Waals surface area contributed by atoms with Crippen LogP contribution in [-0.4, -0.2) is 34.3 Å². The lowest BCUT2D eigenvalue weighted by Crippen LogP contribution is -2.47. The first kappa shape index (κ1) is 17.8. The molecular weight excluding hydrogens is 457 g/mol. The number of nitrogens with one attached hydrogen (secondary N) is 1. The van der Waals surface area contributed by atoms with Crippen LogP contribution in [0.15, 0.2) is 42.5 Å². The smallest absolute Gasteiger partial charge is 0.280 e. The highest BCUT2D eigenvalue weighted by Crippen LogP contribution is 2.25. The Balaban J connectivity index is 1.68. The Labute approximate surface area is 160 Å². The Morgan fingerprint density at radius 3 is 2.58 bits per heavy atom. The number of hydrogen-bond donors (Lipinski definition) is 1. The fraction of sp³-hybridized carbons (Fsp3) is 0.0625. The second kappa shape index (κ2) is 7.07. The summed E-state index contributed by atoms with van der Waals surface area (Å²) >= 11 is 2.09. The van der Waals surface area contributed by atoms with Crippen molar-refractivity contribution < 1.29 is 24.0 Å². The molecular formula is C16H10IN3O6. The van der Waals surface area contributed by atoms with Gasteiger partial charge in [0.15, 0.2) is 6.61 Å².